The van der Waals surface area contributed by atoms with Gasteiger partial charge in [0.25, 0.3) is 0 Å². The minimum absolute atomic E-state index is 0.491. The van der Waals surface area contributed by atoms with E-state index in [9.17, 15) is 0 Å². The Bertz CT molecular complexity index is 796. The summed E-state index contributed by atoms with van der Waals surface area (Å²) in [5.41, 5.74) is 4.00. The number of nitrogens with one attached hydrogen (secondary N) is 2. The molecular formula is C23H31N5S. The molecule has 2 aliphatic rings. The van der Waals surface area contributed by atoms with Gasteiger partial charge in [0.1, 0.15) is 0 Å². The van der Waals surface area contributed by atoms with Crippen molar-refractivity contribution < 1.29 is 0 Å². The third-order valence-electron chi connectivity index (χ3n) is 5.72. The second kappa shape index (κ2) is 9.94. The van der Waals surface area contributed by atoms with Crippen LogP contribution in [0.25, 0.3) is 0 Å². The van der Waals surface area contributed by atoms with E-state index in [4.69, 9.17) is 0 Å². The maximum absolute atomic E-state index is 4.42. The fourth-order valence-corrected chi connectivity index (χ4v) is 4.62. The number of anilines is 1. The predicted octanol–water partition coefficient (Wildman–Crippen LogP) is 3.45. The normalized spacial score (nSPS) is 18.4. The molecule has 2 N–H and O–H groups in total. The molecule has 0 unspecified atom stereocenters. The van der Waals surface area contributed by atoms with Gasteiger partial charge in [-0.2, -0.15) is 11.3 Å². The molecule has 0 amide bonds. The highest BCUT2D eigenvalue weighted by molar-refractivity contribution is 7.07. The molecule has 3 heterocycles. The fourth-order valence-electron chi connectivity index (χ4n) is 3.96. The Hall–Kier alpha value is -2.31. The molecule has 5 nitrogen and oxygen atoms in total. The molecule has 0 atom stereocenters. The van der Waals surface area contributed by atoms with E-state index in [1.807, 2.05) is 7.05 Å². The number of rotatable bonds is 6. The number of hydrogen-bond acceptors (Lipinski definition) is 4. The minimum atomic E-state index is 0.491. The zero-order valence-electron chi connectivity index (χ0n) is 17.2. The number of nitrogens with zero attached hydrogens (tertiary/aromatic N) is 3. The van der Waals surface area contributed by atoms with E-state index >= 15 is 0 Å². The molecule has 1 saturated heterocycles. The number of likely N-dealkylation sites (tertiary alicyclic amines) is 1. The van der Waals surface area contributed by atoms with Gasteiger partial charge in [-0.3, -0.25) is 9.89 Å². The van der Waals surface area contributed by atoms with Crippen molar-refractivity contribution in [1.29, 1.82) is 0 Å². The summed E-state index contributed by atoms with van der Waals surface area (Å²) in [6, 6.07) is 11.6. The van der Waals surface area contributed by atoms with Gasteiger partial charge in [-0.1, -0.05) is 24.3 Å². The van der Waals surface area contributed by atoms with Gasteiger partial charge < -0.3 is 15.5 Å². The van der Waals surface area contributed by atoms with E-state index in [1.165, 1.54) is 16.8 Å². The van der Waals surface area contributed by atoms with Crippen molar-refractivity contribution in [3.63, 3.8) is 0 Å². The molecule has 154 valence electrons. The van der Waals surface area contributed by atoms with Crippen LogP contribution in [0.15, 0.2) is 58.2 Å². The lowest BCUT2D eigenvalue weighted by Gasteiger charge is -2.33. The molecule has 0 spiro atoms. The lowest BCUT2D eigenvalue weighted by molar-refractivity contribution is 0.198. The Labute approximate surface area is 178 Å². The van der Waals surface area contributed by atoms with Gasteiger partial charge >= 0.3 is 0 Å². The van der Waals surface area contributed by atoms with Gasteiger partial charge in [0.15, 0.2) is 5.96 Å². The van der Waals surface area contributed by atoms with Crippen LogP contribution in [0.4, 0.5) is 5.69 Å². The second-order valence-corrected chi connectivity index (χ2v) is 8.57. The molecule has 2 aromatic rings. The first-order valence-electron chi connectivity index (χ1n) is 10.5. The average molecular weight is 410 g/mol. The Kier molecular flexibility index (Phi) is 6.85. The average Bonchev–Trinajstić information content (AvgIpc) is 3.47. The molecular weight excluding hydrogens is 378 g/mol. The van der Waals surface area contributed by atoms with Crippen LogP contribution in [0.3, 0.4) is 0 Å². The summed E-state index contributed by atoms with van der Waals surface area (Å²) in [7, 11) is 1.85. The molecule has 4 rings (SSSR count). The van der Waals surface area contributed by atoms with Gasteiger partial charge in [0, 0.05) is 58.0 Å². The van der Waals surface area contributed by atoms with Crippen molar-refractivity contribution in [2.45, 2.75) is 32.0 Å². The zero-order valence-corrected chi connectivity index (χ0v) is 18.0. The maximum atomic E-state index is 4.42. The highest BCUT2D eigenvalue weighted by Gasteiger charge is 2.20. The third-order valence-corrected chi connectivity index (χ3v) is 6.45. The molecule has 6 heteroatoms. The minimum Gasteiger partial charge on any atom is -0.364 e. The second-order valence-electron chi connectivity index (χ2n) is 7.79. The Morgan fingerprint density at radius 3 is 2.48 bits per heavy atom. The summed E-state index contributed by atoms with van der Waals surface area (Å²) in [5, 5.41) is 11.5. The van der Waals surface area contributed by atoms with Crippen molar-refractivity contribution in [1.82, 2.24) is 15.5 Å². The van der Waals surface area contributed by atoms with Crippen molar-refractivity contribution in [2.24, 2.45) is 4.99 Å². The Morgan fingerprint density at radius 1 is 1.07 bits per heavy atom. The highest BCUT2D eigenvalue weighted by Crippen LogP contribution is 2.18. The van der Waals surface area contributed by atoms with Crippen molar-refractivity contribution in [3.05, 3.63) is 64.4 Å². The summed E-state index contributed by atoms with van der Waals surface area (Å²) in [5.74, 6) is 0.897. The van der Waals surface area contributed by atoms with Crippen LogP contribution in [-0.4, -0.2) is 50.1 Å². The van der Waals surface area contributed by atoms with E-state index in [-0.39, 0.29) is 0 Å². The molecule has 0 radical (unpaired) electrons. The molecule has 2 aliphatic heterocycles. The third kappa shape index (κ3) is 5.61. The lowest BCUT2D eigenvalue weighted by atomic mass is 10.0. The molecule has 1 aromatic heterocycles. The smallest absolute Gasteiger partial charge is 0.191 e. The number of benzene rings is 1. The van der Waals surface area contributed by atoms with E-state index in [1.54, 1.807) is 11.3 Å². The molecule has 29 heavy (non-hydrogen) atoms. The standard InChI is InChI=1S/C23H31N5S/c1-24-23(25-16-19-4-6-22(7-5-19)28-11-2-3-12-28)26-21-8-13-27(14-9-21)17-20-10-15-29-18-20/h2-7,10,15,18,21H,8-9,11-14,16-17H2,1H3,(H2,24,25,26). The number of thiophene rings is 1. The maximum Gasteiger partial charge on any atom is 0.191 e. The summed E-state index contributed by atoms with van der Waals surface area (Å²) >= 11 is 1.78. The first kappa shape index (κ1) is 20.0. The highest BCUT2D eigenvalue weighted by atomic mass is 32.1. The topological polar surface area (TPSA) is 42.9 Å². The van der Waals surface area contributed by atoms with Crippen molar-refractivity contribution in [3.8, 4) is 0 Å². The summed E-state index contributed by atoms with van der Waals surface area (Å²) < 4.78 is 0. The first-order valence-corrected chi connectivity index (χ1v) is 11.4. The van der Waals surface area contributed by atoms with Crippen LogP contribution in [0.2, 0.25) is 0 Å². The van der Waals surface area contributed by atoms with E-state index in [0.29, 0.717) is 6.04 Å². The quantitative estimate of drug-likeness (QED) is 0.436. The number of aliphatic imine (C=N–C) groups is 1. The SMILES string of the molecule is CN=C(NCc1ccc(N2CC=CC2)cc1)NC1CCN(Cc2ccsc2)CC1. The molecule has 0 aliphatic carbocycles. The van der Waals surface area contributed by atoms with Crippen LogP contribution < -0.4 is 15.5 Å². The van der Waals surface area contributed by atoms with Crippen LogP contribution in [0.1, 0.15) is 24.0 Å². The van der Waals surface area contributed by atoms with Crippen molar-refractivity contribution >= 4 is 23.0 Å². The van der Waals surface area contributed by atoms with E-state index in [2.05, 4.69) is 78.7 Å². The number of piperidine rings is 1. The number of guanidine groups is 1. The van der Waals surface area contributed by atoms with Crippen LogP contribution in [-0.2, 0) is 13.1 Å². The van der Waals surface area contributed by atoms with Gasteiger partial charge in [-0.25, -0.2) is 0 Å². The monoisotopic (exact) mass is 409 g/mol. The first-order chi connectivity index (χ1) is 14.3. The van der Waals surface area contributed by atoms with E-state index < -0.39 is 0 Å². The summed E-state index contributed by atoms with van der Waals surface area (Å²) in [6.45, 7) is 6.16. The fraction of sp³-hybridized carbons (Fsp3) is 0.435. The summed E-state index contributed by atoms with van der Waals surface area (Å²) in [6.07, 6.45) is 6.75. The van der Waals surface area contributed by atoms with Crippen LogP contribution in [0.5, 0.6) is 0 Å². The molecule has 0 saturated carbocycles. The Morgan fingerprint density at radius 2 is 1.83 bits per heavy atom. The zero-order chi connectivity index (χ0) is 19.9. The van der Waals surface area contributed by atoms with Crippen molar-refractivity contribution in [2.75, 3.05) is 38.1 Å². The van der Waals surface area contributed by atoms with Gasteiger partial charge in [-0.15, -0.1) is 0 Å². The van der Waals surface area contributed by atoms with Crippen LogP contribution in [0, 0.1) is 0 Å². The number of hydrogen-bond donors (Lipinski definition) is 2. The van der Waals surface area contributed by atoms with E-state index in [0.717, 1.165) is 58.1 Å². The lowest BCUT2D eigenvalue weighted by Crippen LogP contribution is -2.48. The van der Waals surface area contributed by atoms with Gasteiger partial charge in [0.05, 0.1) is 0 Å². The summed E-state index contributed by atoms with van der Waals surface area (Å²) in [4.78, 5) is 9.34. The molecule has 0 bridgehead atoms. The predicted molar refractivity (Wildman–Crippen MR) is 124 cm³/mol. The van der Waals surface area contributed by atoms with Crippen LogP contribution >= 0.6 is 11.3 Å². The Balaban J connectivity index is 1.20. The van der Waals surface area contributed by atoms with Gasteiger partial charge in [0.2, 0.25) is 0 Å². The largest absolute Gasteiger partial charge is 0.364 e. The van der Waals surface area contributed by atoms with Gasteiger partial charge in [-0.05, 0) is 52.9 Å². The molecule has 1 aromatic carbocycles. The molecule has 1 fully saturated rings.